The van der Waals surface area contributed by atoms with Crippen molar-refractivity contribution in [3.05, 3.63) is 22.6 Å². The molecule has 1 unspecified atom stereocenters. The summed E-state index contributed by atoms with van der Waals surface area (Å²) < 4.78 is 11.7. The summed E-state index contributed by atoms with van der Waals surface area (Å²) >= 11 is 0. The number of unbranched alkanes of at least 4 members (excludes halogenated alkanes) is 1. The number of ether oxygens (including phenoxy) is 2. The molecule has 1 rings (SSSR count). The second kappa shape index (κ2) is 7.84. The van der Waals surface area contributed by atoms with Crippen molar-refractivity contribution in [3.63, 3.8) is 0 Å². The fourth-order valence-corrected chi connectivity index (χ4v) is 1.40. The van der Waals surface area contributed by atoms with E-state index in [0.717, 1.165) is 12.8 Å². The molecule has 1 aromatic rings. The van der Waals surface area contributed by atoms with E-state index in [4.69, 9.17) is 15.2 Å². The van der Waals surface area contributed by atoms with Gasteiger partial charge < -0.3 is 15.2 Å². The summed E-state index contributed by atoms with van der Waals surface area (Å²) in [6.07, 6.45) is 3.31. The Bertz CT molecular complexity index is 404. The first kappa shape index (κ1) is 14.7. The van der Waals surface area contributed by atoms with Gasteiger partial charge in [0.1, 0.15) is 12.4 Å². The fraction of sp³-hybridized carbons (Fsp3) is 0.667. The average molecular weight is 255 g/mol. The molecular formula is C12H21N3O3. The number of nitrogens with two attached hydrogens (primary N) is 1. The Morgan fingerprint density at radius 1 is 1.50 bits per heavy atom. The lowest BCUT2D eigenvalue weighted by Gasteiger charge is -2.09. The largest absolute Gasteiger partial charge is 0.490 e. The molecule has 2 N–H and O–H groups in total. The van der Waals surface area contributed by atoms with Gasteiger partial charge in [-0.3, -0.25) is 4.79 Å². The number of rotatable bonds is 8. The number of hydrogen-bond donors (Lipinski definition) is 1. The van der Waals surface area contributed by atoms with Crippen LogP contribution in [-0.2, 0) is 11.3 Å². The van der Waals surface area contributed by atoms with Crippen molar-refractivity contribution in [1.29, 1.82) is 0 Å². The maximum Gasteiger partial charge on any atom is 0.270 e. The molecule has 0 saturated carbocycles. The van der Waals surface area contributed by atoms with Crippen molar-refractivity contribution in [2.75, 3.05) is 20.3 Å². The van der Waals surface area contributed by atoms with Crippen LogP contribution < -0.4 is 16.0 Å². The van der Waals surface area contributed by atoms with E-state index in [0.29, 0.717) is 25.5 Å². The Morgan fingerprint density at radius 2 is 2.28 bits per heavy atom. The van der Waals surface area contributed by atoms with Crippen molar-refractivity contribution < 1.29 is 9.47 Å². The molecule has 0 radical (unpaired) electrons. The molecule has 0 amide bonds. The van der Waals surface area contributed by atoms with Crippen molar-refractivity contribution >= 4 is 0 Å². The van der Waals surface area contributed by atoms with Crippen molar-refractivity contribution in [2.24, 2.45) is 5.73 Å². The van der Waals surface area contributed by atoms with Gasteiger partial charge in [0.25, 0.3) is 5.56 Å². The number of methoxy groups -OCH3 is 1. The van der Waals surface area contributed by atoms with E-state index in [-0.39, 0.29) is 11.6 Å². The predicted molar refractivity (Wildman–Crippen MR) is 68.8 cm³/mol. The van der Waals surface area contributed by atoms with Crippen LogP contribution in [0.1, 0.15) is 19.8 Å². The number of nitrogens with zero attached hydrogens (tertiary/aromatic N) is 2. The van der Waals surface area contributed by atoms with Crippen LogP contribution in [0.5, 0.6) is 5.75 Å². The molecule has 0 aromatic carbocycles. The Balaban J connectivity index is 2.49. The summed E-state index contributed by atoms with van der Waals surface area (Å²) in [7, 11) is 1.66. The molecule has 18 heavy (non-hydrogen) atoms. The maximum atomic E-state index is 11.7. The molecule has 0 aliphatic heterocycles. The van der Waals surface area contributed by atoms with Crippen LogP contribution in [0.3, 0.4) is 0 Å². The minimum absolute atomic E-state index is 0.0681. The molecule has 0 aliphatic rings. The summed E-state index contributed by atoms with van der Waals surface area (Å²) in [5.41, 5.74) is 5.40. The van der Waals surface area contributed by atoms with Crippen molar-refractivity contribution in [1.82, 2.24) is 9.78 Å². The first-order valence-electron chi connectivity index (χ1n) is 6.08. The van der Waals surface area contributed by atoms with Crippen molar-refractivity contribution in [2.45, 2.75) is 32.4 Å². The Morgan fingerprint density at radius 3 is 2.89 bits per heavy atom. The van der Waals surface area contributed by atoms with Crippen LogP contribution in [0.2, 0.25) is 0 Å². The third-order valence-corrected chi connectivity index (χ3v) is 2.33. The zero-order chi connectivity index (χ0) is 13.4. The van der Waals surface area contributed by atoms with E-state index in [2.05, 4.69) is 5.10 Å². The monoisotopic (exact) mass is 255 g/mol. The smallest absolute Gasteiger partial charge is 0.270 e. The highest BCUT2D eigenvalue weighted by molar-refractivity contribution is 5.13. The van der Waals surface area contributed by atoms with E-state index >= 15 is 0 Å². The second-order valence-corrected chi connectivity index (χ2v) is 4.24. The lowest BCUT2D eigenvalue weighted by Crippen LogP contribution is -2.26. The van der Waals surface area contributed by atoms with E-state index in [1.807, 2.05) is 6.92 Å². The summed E-state index contributed by atoms with van der Waals surface area (Å²) in [6.45, 7) is 3.50. The normalized spacial score (nSPS) is 12.4. The van der Waals surface area contributed by atoms with Crippen LogP contribution in [0.25, 0.3) is 0 Å². The van der Waals surface area contributed by atoms with E-state index in [1.165, 1.54) is 10.7 Å². The number of aromatic nitrogens is 2. The zero-order valence-corrected chi connectivity index (χ0v) is 11.0. The van der Waals surface area contributed by atoms with Crippen molar-refractivity contribution in [3.8, 4) is 5.75 Å². The molecule has 1 atom stereocenters. The Hall–Kier alpha value is -1.40. The molecule has 0 spiro atoms. The van der Waals surface area contributed by atoms with Gasteiger partial charge in [-0.2, -0.15) is 5.10 Å². The van der Waals surface area contributed by atoms with E-state index in [1.54, 1.807) is 13.3 Å². The van der Waals surface area contributed by atoms with E-state index < -0.39 is 0 Å². The van der Waals surface area contributed by atoms with Gasteiger partial charge in [0.05, 0.1) is 6.20 Å². The van der Waals surface area contributed by atoms with Gasteiger partial charge >= 0.3 is 0 Å². The summed E-state index contributed by atoms with van der Waals surface area (Å²) in [5.74, 6) is 0.463. The molecule has 0 saturated heterocycles. The van der Waals surface area contributed by atoms with Crippen LogP contribution in [0.15, 0.2) is 17.1 Å². The van der Waals surface area contributed by atoms with Gasteiger partial charge in [-0.1, -0.05) is 0 Å². The highest BCUT2D eigenvalue weighted by Gasteiger charge is 2.02. The van der Waals surface area contributed by atoms with Gasteiger partial charge in [-0.25, -0.2) is 4.68 Å². The summed E-state index contributed by atoms with van der Waals surface area (Å²) in [4.78, 5) is 11.7. The van der Waals surface area contributed by atoms with Gasteiger partial charge in [0.15, 0.2) is 0 Å². The molecule has 102 valence electrons. The average Bonchev–Trinajstić information content (AvgIpc) is 2.34. The van der Waals surface area contributed by atoms with Gasteiger partial charge in [-0.05, 0) is 19.8 Å². The third-order valence-electron chi connectivity index (χ3n) is 2.33. The number of hydrogen-bond acceptors (Lipinski definition) is 5. The zero-order valence-electron chi connectivity index (χ0n) is 11.0. The first-order valence-corrected chi connectivity index (χ1v) is 6.08. The highest BCUT2D eigenvalue weighted by atomic mass is 16.5. The Labute approximate surface area is 107 Å². The molecule has 6 nitrogen and oxygen atoms in total. The molecular weight excluding hydrogens is 234 g/mol. The maximum absolute atomic E-state index is 11.7. The standard InChI is InChI=1S/C12H21N3O3/c1-10(13)9-18-11-7-12(16)15(14-8-11)5-3-4-6-17-2/h7-8,10H,3-6,9,13H2,1-2H3. The molecule has 0 fully saturated rings. The van der Waals surface area contributed by atoms with Gasteiger partial charge in [0, 0.05) is 32.4 Å². The summed E-state index contributed by atoms with van der Waals surface area (Å²) in [6, 6.07) is 1.37. The molecule has 1 heterocycles. The molecule has 1 aromatic heterocycles. The predicted octanol–water partition coefficient (Wildman–Crippen LogP) is 0.396. The quantitative estimate of drug-likeness (QED) is 0.680. The number of aryl methyl sites for hydroxylation is 1. The molecule has 0 aliphatic carbocycles. The van der Waals surface area contributed by atoms with Crippen LogP contribution in [0, 0.1) is 0 Å². The summed E-state index contributed by atoms with van der Waals surface area (Å²) in [5, 5.41) is 4.05. The van der Waals surface area contributed by atoms with Crippen LogP contribution >= 0.6 is 0 Å². The van der Waals surface area contributed by atoms with Gasteiger partial charge in [0.2, 0.25) is 0 Å². The lowest BCUT2D eigenvalue weighted by molar-refractivity contribution is 0.190. The van der Waals surface area contributed by atoms with E-state index in [9.17, 15) is 4.79 Å². The molecule has 6 heteroatoms. The van der Waals surface area contributed by atoms with Gasteiger partial charge in [-0.15, -0.1) is 0 Å². The van der Waals surface area contributed by atoms with Crippen LogP contribution in [-0.4, -0.2) is 36.1 Å². The molecule has 0 bridgehead atoms. The Kier molecular flexibility index (Phi) is 6.38. The minimum Gasteiger partial charge on any atom is -0.490 e. The lowest BCUT2D eigenvalue weighted by atomic mass is 10.3. The van der Waals surface area contributed by atoms with Crippen LogP contribution in [0.4, 0.5) is 0 Å². The first-order chi connectivity index (χ1) is 8.63. The topological polar surface area (TPSA) is 79.4 Å². The highest BCUT2D eigenvalue weighted by Crippen LogP contribution is 2.04. The second-order valence-electron chi connectivity index (χ2n) is 4.24. The third kappa shape index (κ3) is 5.29. The SMILES string of the molecule is COCCCCn1ncc(OCC(C)N)cc1=O. The minimum atomic E-state index is -0.158. The fourth-order valence-electron chi connectivity index (χ4n) is 1.40.